The van der Waals surface area contributed by atoms with E-state index in [0.29, 0.717) is 0 Å². The van der Waals surface area contributed by atoms with E-state index in [1.165, 1.54) is 30.1 Å². The van der Waals surface area contributed by atoms with Gasteiger partial charge in [0, 0.05) is 13.1 Å². The molecular formula is C10H14N4O3. The third-order valence-corrected chi connectivity index (χ3v) is 2.44. The van der Waals surface area contributed by atoms with Crippen LogP contribution in [-0.4, -0.2) is 39.9 Å². The van der Waals surface area contributed by atoms with Gasteiger partial charge < -0.3 is 20.8 Å². The largest absolute Gasteiger partial charge is 0.409 e. The van der Waals surface area contributed by atoms with Crippen molar-refractivity contribution >= 4 is 11.7 Å². The number of carbonyl (C=O) groups excluding carboxylic acids is 1. The summed E-state index contributed by atoms with van der Waals surface area (Å²) in [5.41, 5.74) is 5.19. The van der Waals surface area contributed by atoms with Gasteiger partial charge >= 0.3 is 0 Å². The molecule has 1 amide bonds. The summed E-state index contributed by atoms with van der Waals surface area (Å²) >= 11 is 0. The van der Waals surface area contributed by atoms with Crippen LogP contribution in [0.25, 0.3) is 0 Å². The van der Waals surface area contributed by atoms with E-state index in [-0.39, 0.29) is 17.1 Å². The van der Waals surface area contributed by atoms with E-state index in [2.05, 4.69) is 10.1 Å². The number of carbonyl (C=O) groups is 1. The van der Waals surface area contributed by atoms with Crippen molar-refractivity contribution in [1.29, 1.82) is 0 Å². The van der Waals surface area contributed by atoms with Gasteiger partial charge in [-0.2, -0.15) is 0 Å². The molecule has 0 aliphatic carbocycles. The quantitative estimate of drug-likeness (QED) is 0.287. The number of nitrogens with two attached hydrogens (primary N) is 1. The number of nitrogens with one attached hydrogen (secondary N) is 1. The molecule has 1 atom stereocenters. The van der Waals surface area contributed by atoms with E-state index in [1.54, 1.807) is 6.92 Å². The van der Waals surface area contributed by atoms with Gasteiger partial charge in [0.15, 0.2) is 5.84 Å². The summed E-state index contributed by atoms with van der Waals surface area (Å²) in [6.45, 7) is 1.61. The molecule has 17 heavy (non-hydrogen) atoms. The van der Waals surface area contributed by atoms with Crippen molar-refractivity contribution in [3.8, 4) is 0 Å². The Bertz CT molecular complexity index is 494. The first-order chi connectivity index (χ1) is 7.97. The minimum Gasteiger partial charge on any atom is -0.409 e. The predicted molar refractivity (Wildman–Crippen MR) is 62.0 cm³/mol. The molecule has 0 spiro atoms. The summed E-state index contributed by atoms with van der Waals surface area (Å²) in [5, 5.41) is 11.3. The summed E-state index contributed by atoms with van der Waals surface area (Å²) < 4.78 is 0. The van der Waals surface area contributed by atoms with E-state index < -0.39 is 11.9 Å². The van der Waals surface area contributed by atoms with Crippen LogP contribution in [0.15, 0.2) is 28.1 Å². The molecule has 0 radical (unpaired) electrons. The zero-order chi connectivity index (χ0) is 13.0. The van der Waals surface area contributed by atoms with E-state index in [9.17, 15) is 9.59 Å². The molecule has 1 unspecified atom stereocenters. The maximum atomic E-state index is 11.9. The van der Waals surface area contributed by atoms with Crippen molar-refractivity contribution in [3.05, 3.63) is 34.2 Å². The Morgan fingerprint density at radius 3 is 2.76 bits per heavy atom. The normalized spacial score (nSPS) is 13.2. The van der Waals surface area contributed by atoms with Crippen LogP contribution in [0.1, 0.15) is 17.4 Å². The number of aromatic amines is 1. The van der Waals surface area contributed by atoms with Crippen molar-refractivity contribution in [1.82, 2.24) is 9.88 Å². The molecule has 7 heteroatoms. The first-order valence-electron chi connectivity index (χ1n) is 4.91. The number of rotatable bonds is 3. The fourth-order valence-corrected chi connectivity index (χ4v) is 1.22. The molecule has 0 aromatic carbocycles. The number of pyridine rings is 1. The monoisotopic (exact) mass is 238 g/mol. The number of amides is 1. The van der Waals surface area contributed by atoms with Gasteiger partial charge in [0.05, 0.1) is 6.04 Å². The molecule has 1 aromatic rings. The third kappa shape index (κ3) is 2.83. The highest BCUT2D eigenvalue weighted by molar-refractivity contribution is 5.96. The Kier molecular flexibility index (Phi) is 3.86. The van der Waals surface area contributed by atoms with Gasteiger partial charge in [-0.15, -0.1) is 0 Å². The lowest BCUT2D eigenvalue weighted by Crippen LogP contribution is -2.44. The minimum atomic E-state index is -0.573. The first-order valence-corrected chi connectivity index (χ1v) is 4.91. The molecule has 92 valence electrons. The summed E-state index contributed by atoms with van der Waals surface area (Å²) in [6.07, 6.45) is 0. The summed E-state index contributed by atoms with van der Waals surface area (Å²) in [5.74, 6) is -0.499. The predicted octanol–water partition coefficient (Wildman–Crippen LogP) is -0.418. The number of oxime groups is 1. The van der Waals surface area contributed by atoms with Gasteiger partial charge in [-0.05, 0) is 13.0 Å². The second-order valence-corrected chi connectivity index (χ2v) is 3.55. The van der Waals surface area contributed by atoms with E-state index in [1.807, 2.05) is 0 Å². The Morgan fingerprint density at radius 1 is 1.59 bits per heavy atom. The highest BCUT2D eigenvalue weighted by Crippen LogP contribution is 2.02. The van der Waals surface area contributed by atoms with Crippen LogP contribution in [0.3, 0.4) is 0 Å². The van der Waals surface area contributed by atoms with Crippen LogP contribution in [0.4, 0.5) is 0 Å². The van der Waals surface area contributed by atoms with Crippen LogP contribution in [0, 0.1) is 0 Å². The Labute approximate surface area is 97.5 Å². The summed E-state index contributed by atoms with van der Waals surface area (Å²) in [4.78, 5) is 26.7. The van der Waals surface area contributed by atoms with Gasteiger partial charge in [-0.25, -0.2) is 0 Å². The summed E-state index contributed by atoms with van der Waals surface area (Å²) in [7, 11) is 1.50. The van der Waals surface area contributed by atoms with E-state index >= 15 is 0 Å². The fourth-order valence-electron chi connectivity index (χ4n) is 1.22. The lowest BCUT2D eigenvalue weighted by Gasteiger charge is -2.23. The number of amidine groups is 1. The molecule has 0 fully saturated rings. The topological polar surface area (TPSA) is 112 Å². The number of hydrogen-bond acceptors (Lipinski definition) is 4. The molecule has 0 bridgehead atoms. The van der Waals surface area contributed by atoms with Gasteiger partial charge in [0.2, 0.25) is 5.56 Å². The number of hydrogen-bond donors (Lipinski definition) is 3. The highest BCUT2D eigenvalue weighted by atomic mass is 16.4. The highest BCUT2D eigenvalue weighted by Gasteiger charge is 2.20. The van der Waals surface area contributed by atoms with Crippen LogP contribution in [0.5, 0.6) is 0 Å². The maximum absolute atomic E-state index is 11.9. The second kappa shape index (κ2) is 5.15. The van der Waals surface area contributed by atoms with Crippen molar-refractivity contribution in [2.45, 2.75) is 13.0 Å². The third-order valence-electron chi connectivity index (χ3n) is 2.44. The smallest absolute Gasteiger partial charge is 0.270 e. The molecule has 1 rings (SSSR count). The SMILES string of the molecule is CC(/C(N)=N/O)N(C)C(=O)c1cccc(=O)[nH]1. The first kappa shape index (κ1) is 12.8. The zero-order valence-corrected chi connectivity index (χ0v) is 9.54. The van der Waals surface area contributed by atoms with Crippen LogP contribution < -0.4 is 11.3 Å². The molecule has 7 nitrogen and oxygen atoms in total. The molecule has 1 aromatic heterocycles. The molecule has 0 saturated heterocycles. The average molecular weight is 238 g/mol. The summed E-state index contributed by atoms with van der Waals surface area (Å²) in [6, 6.07) is 3.70. The van der Waals surface area contributed by atoms with Gasteiger partial charge in [-0.1, -0.05) is 11.2 Å². The second-order valence-electron chi connectivity index (χ2n) is 3.55. The van der Waals surface area contributed by atoms with Crippen LogP contribution >= 0.6 is 0 Å². The Morgan fingerprint density at radius 2 is 2.24 bits per heavy atom. The zero-order valence-electron chi connectivity index (χ0n) is 9.54. The van der Waals surface area contributed by atoms with E-state index in [4.69, 9.17) is 10.9 Å². The van der Waals surface area contributed by atoms with E-state index in [0.717, 1.165) is 0 Å². The van der Waals surface area contributed by atoms with Crippen molar-refractivity contribution in [2.24, 2.45) is 10.9 Å². The van der Waals surface area contributed by atoms with Crippen LogP contribution in [-0.2, 0) is 0 Å². The average Bonchev–Trinajstić information content (AvgIpc) is 2.35. The van der Waals surface area contributed by atoms with Gasteiger partial charge in [0.1, 0.15) is 5.69 Å². The van der Waals surface area contributed by atoms with Crippen molar-refractivity contribution in [3.63, 3.8) is 0 Å². The number of H-pyrrole nitrogens is 1. The molecule has 1 heterocycles. The molecule has 0 saturated carbocycles. The Hall–Kier alpha value is -2.31. The van der Waals surface area contributed by atoms with Crippen molar-refractivity contribution in [2.75, 3.05) is 7.05 Å². The van der Waals surface area contributed by atoms with Gasteiger partial charge in [-0.3, -0.25) is 9.59 Å². The lowest BCUT2D eigenvalue weighted by molar-refractivity contribution is 0.0770. The molecule has 0 aliphatic heterocycles. The van der Waals surface area contributed by atoms with Crippen molar-refractivity contribution < 1.29 is 10.0 Å². The lowest BCUT2D eigenvalue weighted by atomic mass is 10.2. The number of likely N-dealkylation sites (N-methyl/N-ethyl adjacent to an activating group) is 1. The molecular weight excluding hydrogens is 224 g/mol. The Balaban J connectivity index is 2.94. The van der Waals surface area contributed by atoms with Crippen LogP contribution in [0.2, 0.25) is 0 Å². The van der Waals surface area contributed by atoms with Gasteiger partial charge in [0.25, 0.3) is 5.91 Å². The number of aromatic nitrogens is 1. The molecule has 4 N–H and O–H groups in total. The maximum Gasteiger partial charge on any atom is 0.270 e. The minimum absolute atomic E-state index is 0.0841. The number of nitrogens with zero attached hydrogens (tertiary/aromatic N) is 2. The fraction of sp³-hybridized carbons (Fsp3) is 0.300. The standard InChI is InChI=1S/C10H14N4O3/c1-6(9(11)13-17)14(2)10(16)7-4-3-5-8(15)12-7/h3-6,17H,1-2H3,(H2,11,13)(H,12,15). The molecule has 0 aliphatic rings.